The molecule has 5 heteroatoms. The second-order valence-corrected chi connectivity index (χ2v) is 5.15. The van der Waals surface area contributed by atoms with Crippen LogP contribution >= 0.6 is 0 Å². The van der Waals surface area contributed by atoms with Crippen molar-refractivity contribution < 1.29 is 49.4 Å². The summed E-state index contributed by atoms with van der Waals surface area (Å²) in [5.74, 6) is -1.87. The van der Waals surface area contributed by atoms with Crippen molar-refractivity contribution >= 4 is 11.9 Å². The van der Waals surface area contributed by atoms with Crippen molar-refractivity contribution in [1.82, 2.24) is 0 Å². The van der Waals surface area contributed by atoms with Crippen molar-refractivity contribution in [2.75, 3.05) is 0 Å². The van der Waals surface area contributed by atoms with Crippen LogP contribution in [-0.4, -0.2) is 17.0 Å². The molecule has 1 N–H and O–H groups in total. The van der Waals surface area contributed by atoms with Crippen LogP contribution < -0.4 is 34.7 Å². The molecule has 0 aromatic heterocycles. The third-order valence-corrected chi connectivity index (χ3v) is 3.48. The molecule has 4 nitrogen and oxygen atoms in total. The fourth-order valence-electron chi connectivity index (χ4n) is 1.89. The van der Waals surface area contributed by atoms with Crippen LogP contribution in [0.3, 0.4) is 0 Å². The molecule has 0 spiro atoms. The van der Waals surface area contributed by atoms with Crippen molar-refractivity contribution in [1.29, 1.82) is 0 Å². The SMILES string of the molecule is CCCCC(CC)C(=O)O.CCCCC(CC)C(=O)[O-].[Na+]. The van der Waals surface area contributed by atoms with E-state index in [1.165, 1.54) is 0 Å². The van der Waals surface area contributed by atoms with Crippen LogP contribution in [0.4, 0.5) is 0 Å². The average Bonchev–Trinajstić information content (AvgIpc) is 2.40. The first-order chi connectivity index (χ1) is 9.44. The minimum absolute atomic E-state index is 0. The summed E-state index contributed by atoms with van der Waals surface area (Å²) in [4.78, 5) is 20.8. The minimum atomic E-state index is -0.893. The Kier molecular flexibility index (Phi) is 22.2. The molecular weight excluding hydrogens is 279 g/mol. The van der Waals surface area contributed by atoms with Gasteiger partial charge in [-0.3, -0.25) is 4.79 Å². The molecule has 0 rings (SSSR count). The van der Waals surface area contributed by atoms with Crippen molar-refractivity contribution in [3.05, 3.63) is 0 Å². The zero-order valence-corrected chi connectivity index (χ0v) is 16.5. The molecule has 0 aliphatic carbocycles. The number of carbonyl (C=O) groups excluding carboxylic acids is 1. The van der Waals surface area contributed by atoms with Crippen molar-refractivity contribution in [3.63, 3.8) is 0 Å². The van der Waals surface area contributed by atoms with E-state index in [9.17, 15) is 14.7 Å². The zero-order valence-electron chi connectivity index (χ0n) is 14.5. The minimum Gasteiger partial charge on any atom is -0.550 e. The van der Waals surface area contributed by atoms with Crippen LogP contribution in [0, 0.1) is 11.8 Å². The Labute approximate surface area is 152 Å². The van der Waals surface area contributed by atoms with Gasteiger partial charge in [-0.25, -0.2) is 0 Å². The molecule has 0 bridgehead atoms. The third-order valence-electron chi connectivity index (χ3n) is 3.48. The number of carbonyl (C=O) groups is 2. The molecule has 2 unspecified atom stereocenters. The Morgan fingerprint density at radius 1 is 0.905 bits per heavy atom. The average molecular weight is 310 g/mol. The molecule has 0 saturated carbocycles. The number of hydrogen-bond donors (Lipinski definition) is 1. The standard InChI is InChI=1S/2C8H16O2.Na/c2*1-3-5-6-7(4-2)8(9)10;/h2*7H,3-6H2,1-2H3,(H,9,10);/q;;+1/p-1. The van der Waals surface area contributed by atoms with Gasteiger partial charge in [0.15, 0.2) is 0 Å². The molecule has 0 radical (unpaired) electrons. The van der Waals surface area contributed by atoms with E-state index in [4.69, 9.17) is 5.11 Å². The van der Waals surface area contributed by atoms with E-state index in [1.54, 1.807) is 0 Å². The van der Waals surface area contributed by atoms with Crippen LogP contribution in [0.1, 0.15) is 79.1 Å². The first-order valence-corrected chi connectivity index (χ1v) is 7.87. The summed E-state index contributed by atoms with van der Waals surface area (Å²) >= 11 is 0. The summed E-state index contributed by atoms with van der Waals surface area (Å²) in [7, 11) is 0. The van der Waals surface area contributed by atoms with E-state index in [-0.39, 0.29) is 41.4 Å². The van der Waals surface area contributed by atoms with E-state index in [1.807, 2.05) is 13.8 Å². The maximum Gasteiger partial charge on any atom is 1.00 e. The van der Waals surface area contributed by atoms with Gasteiger partial charge in [-0.15, -0.1) is 0 Å². The van der Waals surface area contributed by atoms with E-state index >= 15 is 0 Å². The molecule has 0 fully saturated rings. The van der Waals surface area contributed by atoms with Crippen LogP contribution in [0.5, 0.6) is 0 Å². The Morgan fingerprint density at radius 2 is 1.29 bits per heavy atom. The molecule has 0 aromatic carbocycles. The van der Waals surface area contributed by atoms with Gasteiger partial charge >= 0.3 is 35.5 Å². The molecule has 0 heterocycles. The Balaban J connectivity index is -0.000000295. The third kappa shape index (κ3) is 16.1. The monoisotopic (exact) mass is 310 g/mol. The summed E-state index contributed by atoms with van der Waals surface area (Å²) in [5, 5.41) is 18.9. The predicted octanol–water partition coefficient (Wildman–Crippen LogP) is 0.244. The molecule has 0 aliphatic heterocycles. The van der Waals surface area contributed by atoms with Crippen LogP contribution in [0.15, 0.2) is 0 Å². The van der Waals surface area contributed by atoms with E-state index in [0.717, 1.165) is 44.9 Å². The van der Waals surface area contributed by atoms with Gasteiger partial charge in [0.25, 0.3) is 0 Å². The first kappa shape index (κ1) is 25.9. The molecule has 21 heavy (non-hydrogen) atoms. The van der Waals surface area contributed by atoms with Crippen LogP contribution in [-0.2, 0) is 9.59 Å². The van der Waals surface area contributed by atoms with Crippen molar-refractivity contribution in [3.8, 4) is 0 Å². The van der Waals surface area contributed by atoms with Crippen LogP contribution in [0.25, 0.3) is 0 Å². The topological polar surface area (TPSA) is 77.4 Å². The van der Waals surface area contributed by atoms with Gasteiger partial charge in [0.1, 0.15) is 0 Å². The number of aliphatic carboxylic acids is 2. The molecular formula is C16H31NaO4. The Bertz CT molecular complexity index is 231. The number of hydrogen-bond acceptors (Lipinski definition) is 3. The smallest absolute Gasteiger partial charge is 0.550 e. The quantitative estimate of drug-likeness (QED) is 0.587. The molecule has 120 valence electrons. The summed E-state index contributed by atoms with van der Waals surface area (Å²) in [6, 6.07) is 0. The predicted molar refractivity (Wildman–Crippen MR) is 79.3 cm³/mol. The van der Waals surface area contributed by atoms with Gasteiger partial charge in [-0.05, 0) is 31.6 Å². The van der Waals surface area contributed by atoms with Gasteiger partial charge in [0, 0.05) is 5.97 Å². The maximum atomic E-state index is 10.4. The number of carboxylic acids is 2. The molecule has 0 aromatic rings. The largest absolute Gasteiger partial charge is 1.00 e. The second-order valence-electron chi connectivity index (χ2n) is 5.15. The molecule has 0 amide bonds. The molecule has 0 aliphatic rings. The first-order valence-electron chi connectivity index (χ1n) is 7.87. The summed E-state index contributed by atoms with van der Waals surface area (Å²) in [5.41, 5.74) is 0. The molecule has 0 saturated heterocycles. The van der Waals surface area contributed by atoms with Gasteiger partial charge < -0.3 is 15.0 Å². The number of unbranched alkanes of at least 4 members (excludes halogenated alkanes) is 2. The van der Waals surface area contributed by atoms with Gasteiger partial charge in [0.2, 0.25) is 0 Å². The fourth-order valence-corrected chi connectivity index (χ4v) is 1.89. The van der Waals surface area contributed by atoms with E-state index in [2.05, 4.69) is 13.8 Å². The van der Waals surface area contributed by atoms with Crippen molar-refractivity contribution in [2.45, 2.75) is 79.1 Å². The second kappa shape index (κ2) is 18.0. The summed E-state index contributed by atoms with van der Waals surface area (Å²) in [6.45, 7) is 7.95. The number of rotatable bonds is 10. The summed E-state index contributed by atoms with van der Waals surface area (Å²) < 4.78 is 0. The Hall–Kier alpha value is -0.0600. The molecule has 2 atom stereocenters. The van der Waals surface area contributed by atoms with Gasteiger partial charge in [-0.2, -0.15) is 0 Å². The van der Waals surface area contributed by atoms with Gasteiger partial charge in [0.05, 0.1) is 5.92 Å². The summed E-state index contributed by atoms with van der Waals surface area (Å²) in [6.07, 6.45) is 7.24. The van der Waals surface area contributed by atoms with Crippen molar-refractivity contribution in [2.24, 2.45) is 11.8 Å². The normalized spacial score (nSPS) is 12.4. The van der Waals surface area contributed by atoms with E-state index < -0.39 is 11.9 Å². The number of carboxylic acid groups (broad SMARTS) is 2. The maximum absolute atomic E-state index is 10.4. The fraction of sp³-hybridized carbons (Fsp3) is 0.875. The zero-order chi connectivity index (χ0) is 16.0. The van der Waals surface area contributed by atoms with Crippen LogP contribution in [0.2, 0.25) is 0 Å². The van der Waals surface area contributed by atoms with Gasteiger partial charge in [-0.1, -0.05) is 53.4 Å². The Morgan fingerprint density at radius 3 is 1.52 bits per heavy atom. The van der Waals surface area contributed by atoms with E-state index in [0.29, 0.717) is 6.42 Å².